The van der Waals surface area contributed by atoms with Crippen LogP contribution in [0.5, 0.6) is 0 Å². The summed E-state index contributed by atoms with van der Waals surface area (Å²) < 4.78 is 16.8. The highest BCUT2D eigenvalue weighted by molar-refractivity contribution is 5.71. The van der Waals surface area contributed by atoms with Crippen LogP contribution in [0, 0.1) is 0 Å². The van der Waals surface area contributed by atoms with E-state index in [2.05, 4.69) is 81.5 Å². The van der Waals surface area contributed by atoms with Crippen molar-refractivity contribution in [2.24, 2.45) is 0 Å². The molecule has 0 N–H and O–H groups in total. The third-order valence-electron chi connectivity index (χ3n) is 12.0. The topological polar surface area (TPSA) is 78.9 Å². The Hall–Kier alpha value is -3.67. The van der Waals surface area contributed by atoms with Crippen molar-refractivity contribution < 1.29 is 28.6 Å². The highest BCUT2D eigenvalue weighted by Crippen LogP contribution is 2.16. The molecule has 6 heteroatoms. The normalized spacial score (nSPS) is 12.8. The summed E-state index contributed by atoms with van der Waals surface area (Å²) in [5, 5.41) is 0. The number of carbonyl (C=O) groups is 3. The molecule has 0 saturated carbocycles. The van der Waals surface area contributed by atoms with Gasteiger partial charge in [-0.25, -0.2) is 0 Å². The molecule has 0 bridgehead atoms. The van der Waals surface area contributed by atoms with Gasteiger partial charge in [-0.1, -0.05) is 272 Å². The summed E-state index contributed by atoms with van der Waals surface area (Å²) in [6.07, 6.45) is 74.0. The van der Waals surface area contributed by atoms with E-state index in [1.54, 1.807) is 0 Å². The Balaban J connectivity index is 4.44. The molecule has 0 aliphatic heterocycles. The van der Waals surface area contributed by atoms with E-state index in [9.17, 15) is 14.4 Å². The van der Waals surface area contributed by atoms with Crippen LogP contribution >= 0.6 is 0 Å². The zero-order valence-electron chi connectivity index (χ0n) is 44.3. The van der Waals surface area contributed by atoms with Gasteiger partial charge >= 0.3 is 17.9 Å². The van der Waals surface area contributed by atoms with Crippen LogP contribution in [0.1, 0.15) is 258 Å². The van der Waals surface area contributed by atoms with Gasteiger partial charge in [0.25, 0.3) is 0 Å². The lowest BCUT2D eigenvalue weighted by Crippen LogP contribution is -2.30. The quantitative estimate of drug-likeness (QED) is 0.0262. The van der Waals surface area contributed by atoms with Crippen LogP contribution in [0.15, 0.2) is 97.2 Å². The molecule has 388 valence electrons. The average Bonchev–Trinajstić information content (AvgIpc) is 3.34. The van der Waals surface area contributed by atoms with Crippen LogP contribution in [-0.4, -0.2) is 37.2 Å². The van der Waals surface area contributed by atoms with Crippen LogP contribution in [0.4, 0.5) is 0 Å². The SMILES string of the molecule is CC\C=C/C=C\C=C/C=C\CCCCCC(=O)OCC(COC(=O)CCCCCCCCCCCCCCCCCCCCC)OC(=O)CCCCCCC\C=C/C=C\C=C/C=C\CCCCC. The number of allylic oxidation sites excluding steroid dienone is 16. The second-order valence-corrected chi connectivity index (χ2v) is 18.7. The lowest BCUT2D eigenvalue weighted by Gasteiger charge is -2.18. The molecule has 0 aliphatic carbocycles. The summed E-state index contributed by atoms with van der Waals surface area (Å²) in [6, 6.07) is 0. The minimum Gasteiger partial charge on any atom is -0.462 e. The maximum Gasteiger partial charge on any atom is 0.306 e. The van der Waals surface area contributed by atoms with Crippen LogP contribution in [0.25, 0.3) is 0 Å². The van der Waals surface area contributed by atoms with Gasteiger partial charge in [-0.05, 0) is 64.2 Å². The van der Waals surface area contributed by atoms with E-state index < -0.39 is 6.10 Å². The summed E-state index contributed by atoms with van der Waals surface area (Å²) >= 11 is 0. The Bertz CT molecular complexity index is 1360. The van der Waals surface area contributed by atoms with E-state index in [1.807, 2.05) is 36.5 Å². The van der Waals surface area contributed by atoms with E-state index in [0.29, 0.717) is 19.3 Å². The maximum absolute atomic E-state index is 12.8. The highest BCUT2D eigenvalue weighted by Gasteiger charge is 2.19. The second-order valence-electron chi connectivity index (χ2n) is 18.7. The average molecular weight is 946 g/mol. The third kappa shape index (κ3) is 53.3. The van der Waals surface area contributed by atoms with Gasteiger partial charge in [0.15, 0.2) is 6.10 Å². The fraction of sp³-hybridized carbons (Fsp3) is 0.694. The van der Waals surface area contributed by atoms with Crippen molar-refractivity contribution in [3.63, 3.8) is 0 Å². The number of hydrogen-bond acceptors (Lipinski definition) is 6. The Labute approximate surface area is 419 Å². The molecule has 0 aliphatic rings. The van der Waals surface area contributed by atoms with Gasteiger partial charge in [-0.2, -0.15) is 0 Å². The van der Waals surface area contributed by atoms with Crippen molar-refractivity contribution in [1.29, 1.82) is 0 Å². The minimum atomic E-state index is -0.806. The first-order valence-corrected chi connectivity index (χ1v) is 28.3. The lowest BCUT2D eigenvalue weighted by atomic mass is 10.0. The zero-order valence-corrected chi connectivity index (χ0v) is 44.3. The molecule has 0 aromatic rings. The molecule has 0 fully saturated rings. The Morgan fingerprint density at radius 2 is 0.574 bits per heavy atom. The lowest BCUT2D eigenvalue weighted by molar-refractivity contribution is -0.167. The molecular formula is C62H104O6. The van der Waals surface area contributed by atoms with Crippen molar-refractivity contribution in [2.75, 3.05) is 13.2 Å². The zero-order chi connectivity index (χ0) is 49.3. The Morgan fingerprint density at radius 1 is 0.309 bits per heavy atom. The minimum absolute atomic E-state index is 0.0990. The largest absolute Gasteiger partial charge is 0.462 e. The van der Waals surface area contributed by atoms with Crippen LogP contribution in [0.3, 0.4) is 0 Å². The standard InChI is InChI=1S/C62H104O6/c1-4-7-10-13-16-19-22-25-27-29-31-33-34-37-40-43-46-49-52-55-61(64)67-58-59(57-66-60(63)54-51-48-45-42-39-36-24-21-18-15-12-9-6-3)68-62(65)56-53-50-47-44-41-38-35-32-30-28-26-23-20-17-14-11-8-5-2/h9,12,15,17-18,20-21,23-24,26,28,30,32,35-36,39,59H,4-8,10-11,13-14,16,19,22,25,27,29,31,33-34,37-38,40-58H2,1-3H3/b12-9-,18-15-,20-17-,24-21-,26-23-,30-28-,35-32-,39-36-. The fourth-order valence-electron chi connectivity index (χ4n) is 7.76. The van der Waals surface area contributed by atoms with Crippen LogP contribution < -0.4 is 0 Å². The predicted molar refractivity (Wildman–Crippen MR) is 293 cm³/mol. The van der Waals surface area contributed by atoms with Gasteiger partial charge in [0.05, 0.1) is 0 Å². The molecule has 0 aromatic heterocycles. The summed E-state index contributed by atoms with van der Waals surface area (Å²) in [4.78, 5) is 38.1. The highest BCUT2D eigenvalue weighted by atomic mass is 16.6. The second kappa shape index (κ2) is 55.9. The number of carbonyl (C=O) groups excluding carboxylic acids is 3. The van der Waals surface area contributed by atoms with Gasteiger partial charge in [-0.15, -0.1) is 0 Å². The summed E-state index contributed by atoms with van der Waals surface area (Å²) in [6.45, 7) is 6.42. The predicted octanol–water partition coefficient (Wildman–Crippen LogP) is 18.9. The van der Waals surface area contributed by atoms with E-state index in [4.69, 9.17) is 14.2 Å². The number of unbranched alkanes of at least 4 members (excludes halogenated alkanes) is 29. The number of esters is 3. The van der Waals surface area contributed by atoms with Gasteiger partial charge in [0.1, 0.15) is 13.2 Å². The summed E-state index contributed by atoms with van der Waals surface area (Å²) in [5.41, 5.74) is 0. The maximum atomic E-state index is 12.8. The first-order chi connectivity index (χ1) is 33.5. The molecule has 0 spiro atoms. The molecule has 0 rings (SSSR count). The monoisotopic (exact) mass is 945 g/mol. The van der Waals surface area contributed by atoms with Gasteiger partial charge in [-0.3, -0.25) is 14.4 Å². The molecule has 0 amide bonds. The first kappa shape index (κ1) is 64.3. The fourth-order valence-corrected chi connectivity index (χ4v) is 7.76. The molecule has 0 aromatic carbocycles. The molecule has 1 unspecified atom stereocenters. The molecule has 68 heavy (non-hydrogen) atoms. The van der Waals surface area contributed by atoms with E-state index in [1.165, 1.54) is 122 Å². The van der Waals surface area contributed by atoms with Gasteiger partial charge < -0.3 is 14.2 Å². The van der Waals surface area contributed by atoms with Crippen molar-refractivity contribution in [2.45, 2.75) is 264 Å². The molecule has 0 saturated heterocycles. The number of hydrogen-bond donors (Lipinski definition) is 0. The smallest absolute Gasteiger partial charge is 0.306 e. The summed E-state index contributed by atoms with van der Waals surface area (Å²) in [5.74, 6) is -0.959. The van der Waals surface area contributed by atoms with Crippen molar-refractivity contribution >= 4 is 17.9 Å². The van der Waals surface area contributed by atoms with Crippen molar-refractivity contribution in [3.8, 4) is 0 Å². The van der Waals surface area contributed by atoms with Crippen molar-refractivity contribution in [1.82, 2.24) is 0 Å². The van der Waals surface area contributed by atoms with Crippen LogP contribution in [0.2, 0.25) is 0 Å². The van der Waals surface area contributed by atoms with Crippen LogP contribution in [-0.2, 0) is 28.6 Å². The Morgan fingerprint density at radius 3 is 0.941 bits per heavy atom. The number of rotatable bonds is 50. The molecule has 1 atom stereocenters. The molecule has 6 nitrogen and oxygen atoms in total. The van der Waals surface area contributed by atoms with E-state index in [-0.39, 0.29) is 31.1 Å². The first-order valence-electron chi connectivity index (χ1n) is 28.3. The molecule has 0 radical (unpaired) electrons. The third-order valence-corrected chi connectivity index (χ3v) is 12.0. The Kier molecular flexibility index (Phi) is 52.9. The van der Waals surface area contributed by atoms with Crippen molar-refractivity contribution in [3.05, 3.63) is 97.2 Å². The number of ether oxygens (including phenoxy) is 3. The molecular weight excluding hydrogens is 841 g/mol. The van der Waals surface area contributed by atoms with Gasteiger partial charge in [0.2, 0.25) is 0 Å². The summed E-state index contributed by atoms with van der Waals surface area (Å²) in [7, 11) is 0. The van der Waals surface area contributed by atoms with Gasteiger partial charge in [0, 0.05) is 19.3 Å². The molecule has 0 heterocycles. The van der Waals surface area contributed by atoms with E-state index >= 15 is 0 Å². The van der Waals surface area contributed by atoms with E-state index in [0.717, 1.165) is 96.3 Å².